The second-order valence-electron chi connectivity index (χ2n) is 13.7. The summed E-state index contributed by atoms with van der Waals surface area (Å²) in [6, 6.07) is 7.83. The molecule has 0 heterocycles. The van der Waals surface area contributed by atoms with Gasteiger partial charge in [-0.15, -0.1) is 0 Å². The van der Waals surface area contributed by atoms with Crippen molar-refractivity contribution in [2.45, 2.75) is 103 Å². The Balaban J connectivity index is 2.62. The Bertz CT molecular complexity index is 1230. The summed E-state index contributed by atoms with van der Waals surface area (Å²) in [6.45, 7) is 21.5. The van der Waals surface area contributed by atoms with Gasteiger partial charge in [-0.05, 0) is 59.5 Å². The quantitative estimate of drug-likeness (QED) is 0.200. The predicted molar refractivity (Wildman–Crippen MR) is 166 cm³/mol. The minimum Gasteiger partial charge on any atom is -0.541 e. The first-order valence-electron chi connectivity index (χ1n) is 14.1. The van der Waals surface area contributed by atoms with E-state index in [1.54, 1.807) is 19.2 Å². The number of carbonyl (C=O) groups is 1. The van der Waals surface area contributed by atoms with Crippen molar-refractivity contribution in [3.8, 4) is 17.2 Å². The third-order valence-electron chi connectivity index (χ3n) is 8.42. The van der Waals surface area contributed by atoms with Crippen molar-refractivity contribution < 1.29 is 36.3 Å². The third-order valence-corrected chi connectivity index (χ3v) is 17.1. The molecule has 0 aliphatic heterocycles. The maximum Gasteiger partial charge on any atom is 0.416 e. The Labute approximate surface area is 251 Å². The van der Waals surface area contributed by atoms with Crippen molar-refractivity contribution in [1.29, 1.82) is 0 Å². The van der Waals surface area contributed by atoms with Gasteiger partial charge in [-0.25, -0.2) is 0 Å². The molecule has 0 aliphatic rings. The van der Waals surface area contributed by atoms with E-state index in [2.05, 4.69) is 73.0 Å². The topological polar surface area (TPSA) is 66.0 Å². The lowest BCUT2D eigenvalue weighted by Crippen LogP contribution is -2.46. The minimum absolute atomic E-state index is 0.0333. The Morgan fingerprint density at radius 2 is 1.40 bits per heavy atom. The molecule has 0 saturated carbocycles. The molecule has 2 aromatic rings. The number of hydrogen-bond acceptors (Lipinski definition) is 6. The zero-order valence-electron chi connectivity index (χ0n) is 27.1. The average molecular weight is 628 g/mol. The summed E-state index contributed by atoms with van der Waals surface area (Å²) in [6.07, 6.45) is -4.30. The number of esters is 1. The maximum absolute atomic E-state index is 13.3. The third kappa shape index (κ3) is 8.76. The van der Waals surface area contributed by atoms with Crippen molar-refractivity contribution in [2.24, 2.45) is 0 Å². The van der Waals surface area contributed by atoms with Gasteiger partial charge in [-0.1, -0.05) is 65.8 Å². The molecule has 0 radical (unpaired) electrons. The van der Waals surface area contributed by atoms with E-state index in [4.69, 9.17) is 18.3 Å². The van der Waals surface area contributed by atoms with Crippen molar-refractivity contribution in [2.75, 3.05) is 14.2 Å². The van der Waals surface area contributed by atoms with E-state index in [1.807, 2.05) is 6.07 Å². The van der Waals surface area contributed by atoms with Gasteiger partial charge in [-0.3, -0.25) is 4.79 Å². The summed E-state index contributed by atoms with van der Waals surface area (Å²) in [4.78, 5) is 12.9. The molecule has 0 aromatic heterocycles. The van der Waals surface area contributed by atoms with E-state index in [-0.39, 0.29) is 23.0 Å². The number of halogens is 3. The number of nitrogens with one attached hydrogen (secondary N) is 1. The van der Waals surface area contributed by atoms with Crippen LogP contribution in [0, 0.1) is 0 Å². The first-order chi connectivity index (χ1) is 19.0. The molecule has 1 N–H and O–H groups in total. The van der Waals surface area contributed by atoms with Crippen LogP contribution in [0.15, 0.2) is 36.4 Å². The van der Waals surface area contributed by atoms with Crippen molar-refractivity contribution >= 4 is 22.6 Å². The molecule has 2 aromatic carbocycles. The highest BCUT2D eigenvalue weighted by Crippen LogP contribution is 2.49. The van der Waals surface area contributed by atoms with Crippen LogP contribution in [0.25, 0.3) is 0 Å². The molecule has 0 bridgehead atoms. The minimum atomic E-state index is -4.46. The fraction of sp³-hybridized carbons (Fsp3) is 0.581. The van der Waals surface area contributed by atoms with Crippen LogP contribution in [0.2, 0.25) is 36.3 Å². The second-order valence-corrected chi connectivity index (χ2v) is 23.1. The zero-order valence-corrected chi connectivity index (χ0v) is 29.1. The van der Waals surface area contributed by atoms with Gasteiger partial charge in [0.15, 0.2) is 17.2 Å². The summed E-state index contributed by atoms with van der Waals surface area (Å²) >= 11 is 0. The Morgan fingerprint density at radius 1 is 0.857 bits per heavy atom. The normalized spacial score (nSPS) is 13.9. The molecule has 236 valence electrons. The number of benzene rings is 2. The van der Waals surface area contributed by atoms with Gasteiger partial charge in [0.25, 0.3) is 16.6 Å². The molecule has 0 fully saturated rings. The number of ether oxygens (including phenoxy) is 2. The van der Waals surface area contributed by atoms with E-state index < -0.39 is 40.4 Å². The zero-order chi connectivity index (χ0) is 32.3. The molecular formula is C31H48F3NO5Si2. The van der Waals surface area contributed by atoms with Gasteiger partial charge in [0.2, 0.25) is 0 Å². The lowest BCUT2D eigenvalue weighted by atomic mass is 10.0. The van der Waals surface area contributed by atoms with Crippen LogP contribution in [0.3, 0.4) is 0 Å². The summed E-state index contributed by atoms with van der Waals surface area (Å²) in [5, 5.41) is 2.86. The number of methoxy groups -OCH3 is 2. The van der Waals surface area contributed by atoms with Crippen LogP contribution in [-0.4, -0.2) is 42.9 Å². The van der Waals surface area contributed by atoms with Crippen LogP contribution < -0.4 is 18.9 Å². The van der Waals surface area contributed by atoms with E-state index in [9.17, 15) is 18.0 Å². The molecule has 0 saturated heterocycles. The summed E-state index contributed by atoms with van der Waals surface area (Å²) in [5.41, 5.74) is 0.360. The molecule has 1 atom stereocenters. The Kier molecular flexibility index (Phi) is 11.1. The Morgan fingerprint density at radius 3 is 1.88 bits per heavy atom. The first-order valence-corrected chi connectivity index (χ1v) is 19.9. The number of alkyl halides is 3. The van der Waals surface area contributed by atoms with Gasteiger partial charge in [0, 0.05) is 13.0 Å². The largest absolute Gasteiger partial charge is 0.541 e. The molecule has 0 spiro atoms. The second kappa shape index (κ2) is 13.0. The molecule has 1 unspecified atom stereocenters. The summed E-state index contributed by atoms with van der Waals surface area (Å²) in [7, 11) is -1.91. The molecule has 2 rings (SSSR count). The van der Waals surface area contributed by atoms with Gasteiger partial charge in [0.1, 0.15) is 6.04 Å². The number of rotatable bonds is 11. The molecule has 0 aliphatic carbocycles. The van der Waals surface area contributed by atoms with Crippen LogP contribution in [0.4, 0.5) is 13.2 Å². The van der Waals surface area contributed by atoms with Gasteiger partial charge in [0.05, 0.1) is 19.8 Å². The van der Waals surface area contributed by atoms with E-state index in [0.717, 1.165) is 12.1 Å². The van der Waals surface area contributed by atoms with Gasteiger partial charge in [-0.2, -0.15) is 13.2 Å². The van der Waals surface area contributed by atoms with E-state index >= 15 is 0 Å². The van der Waals surface area contributed by atoms with E-state index in [0.29, 0.717) is 28.4 Å². The van der Waals surface area contributed by atoms with Crippen molar-refractivity contribution in [3.63, 3.8) is 0 Å². The van der Waals surface area contributed by atoms with Crippen molar-refractivity contribution in [3.05, 3.63) is 53.1 Å². The van der Waals surface area contributed by atoms with Crippen molar-refractivity contribution in [1.82, 2.24) is 5.32 Å². The SMILES string of the molecule is COC(=O)C(Cc1ccc(OC)c(O[Si](C)(C)C(C)(C)C)c1O[Si](C)(C)C(C)(C)C)NCc1cccc(C(F)(F)F)c1. The lowest BCUT2D eigenvalue weighted by Gasteiger charge is -2.40. The number of hydrogen-bond donors (Lipinski definition) is 1. The lowest BCUT2D eigenvalue weighted by molar-refractivity contribution is -0.143. The standard InChI is InChI=1S/C31H48F3NO5Si2/c1-29(2,3)41(9,10)39-26-22(16-17-25(37-7)27(26)40-42(11,12)30(4,5)6)19-24(28(36)38-8)35-20-21-14-13-15-23(18-21)31(32,33)34/h13-18,24,35H,19-20H2,1-12H3. The summed E-state index contributed by atoms with van der Waals surface area (Å²) < 4.78 is 64.4. The molecule has 11 heteroatoms. The van der Waals surface area contributed by atoms with Crippen LogP contribution in [0.5, 0.6) is 17.2 Å². The molecule has 42 heavy (non-hydrogen) atoms. The fourth-order valence-electron chi connectivity index (χ4n) is 3.63. The van der Waals surface area contributed by atoms with Crippen LogP contribution >= 0.6 is 0 Å². The van der Waals surface area contributed by atoms with Crippen LogP contribution in [0.1, 0.15) is 58.2 Å². The number of carbonyl (C=O) groups excluding carboxylic acids is 1. The van der Waals surface area contributed by atoms with Gasteiger partial charge >= 0.3 is 12.1 Å². The maximum atomic E-state index is 13.3. The van der Waals surface area contributed by atoms with Gasteiger partial charge < -0.3 is 23.6 Å². The van der Waals surface area contributed by atoms with Crippen LogP contribution in [-0.2, 0) is 28.7 Å². The Hall–Kier alpha value is -2.51. The smallest absolute Gasteiger partial charge is 0.416 e. The molecule has 6 nitrogen and oxygen atoms in total. The molecular weight excluding hydrogens is 580 g/mol. The van der Waals surface area contributed by atoms with E-state index in [1.165, 1.54) is 13.2 Å². The first kappa shape index (κ1) is 35.7. The highest BCUT2D eigenvalue weighted by atomic mass is 28.4. The highest BCUT2D eigenvalue weighted by molar-refractivity contribution is 6.75. The monoisotopic (exact) mass is 627 g/mol. The fourth-order valence-corrected chi connectivity index (χ4v) is 5.68. The molecule has 0 amide bonds. The summed E-state index contributed by atoms with van der Waals surface area (Å²) in [5.74, 6) is 1.03. The highest BCUT2D eigenvalue weighted by Gasteiger charge is 2.43. The predicted octanol–water partition coefficient (Wildman–Crippen LogP) is 8.36. The average Bonchev–Trinajstić information content (AvgIpc) is 2.85.